The summed E-state index contributed by atoms with van der Waals surface area (Å²) in [5, 5.41) is 7.17. The van der Waals surface area contributed by atoms with Crippen LogP contribution in [0.25, 0.3) is 22.0 Å². The molecule has 21 heavy (non-hydrogen) atoms. The molecule has 2 aromatic carbocycles. The summed E-state index contributed by atoms with van der Waals surface area (Å²) in [6.07, 6.45) is 0. The summed E-state index contributed by atoms with van der Waals surface area (Å²) in [5.41, 5.74) is -0.333. The average molecular weight is 313 g/mol. The Morgan fingerprint density at radius 3 is 2.14 bits per heavy atom. The molecule has 1 aromatic heterocycles. The lowest BCUT2D eigenvalue weighted by Crippen LogP contribution is -1.96. The fourth-order valence-corrected chi connectivity index (χ4v) is 2.19. The second-order valence-electron chi connectivity index (χ2n) is 4.28. The standard InChI is InChI=1S/C14H5ClF4N2/c15-14-8-5-12(19)11(18)4-7(8)13(20-21-14)9-3-6(16)1-2-10(9)17/h1-5H. The van der Waals surface area contributed by atoms with Gasteiger partial charge in [0.15, 0.2) is 16.8 Å². The first-order valence-corrected chi connectivity index (χ1v) is 6.11. The first-order valence-electron chi connectivity index (χ1n) is 5.73. The van der Waals surface area contributed by atoms with Crippen LogP contribution in [-0.4, -0.2) is 10.2 Å². The zero-order valence-corrected chi connectivity index (χ0v) is 10.9. The van der Waals surface area contributed by atoms with Crippen molar-refractivity contribution < 1.29 is 17.6 Å². The molecule has 0 unspecified atom stereocenters. The van der Waals surface area contributed by atoms with E-state index in [1.807, 2.05) is 0 Å². The summed E-state index contributed by atoms with van der Waals surface area (Å²) in [6, 6.07) is 4.40. The lowest BCUT2D eigenvalue weighted by Gasteiger charge is -2.08. The third kappa shape index (κ3) is 2.31. The normalized spacial score (nSPS) is 11.1. The number of fused-ring (bicyclic) bond motifs is 1. The molecular formula is C14H5ClF4N2. The predicted molar refractivity (Wildman–Crippen MR) is 69.8 cm³/mol. The van der Waals surface area contributed by atoms with Crippen molar-refractivity contribution in [1.29, 1.82) is 0 Å². The molecule has 2 nitrogen and oxygen atoms in total. The molecule has 3 aromatic rings. The zero-order valence-electron chi connectivity index (χ0n) is 10.2. The van der Waals surface area contributed by atoms with Gasteiger partial charge in [-0.1, -0.05) is 11.6 Å². The van der Waals surface area contributed by atoms with E-state index in [1.54, 1.807) is 0 Å². The van der Waals surface area contributed by atoms with Crippen LogP contribution < -0.4 is 0 Å². The third-order valence-corrected chi connectivity index (χ3v) is 3.24. The summed E-state index contributed by atoms with van der Waals surface area (Å²) >= 11 is 5.78. The average Bonchev–Trinajstić information content (AvgIpc) is 2.45. The van der Waals surface area contributed by atoms with E-state index in [0.717, 1.165) is 30.3 Å². The Labute approximate surface area is 121 Å². The fraction of sp³-hybridized carbons (Fsp3) is 0. The molecule has 0 radical (unpaired) electrons. The lowest BCUT2D eigenvalue weighted by molar-refractivity contribution is 0.511. The van der Waals surface area contributed by atoms with Gasteiger partial charge in [-0.25, -0.2) is 17.6 Å². The van der Waals surface area contributed by atoms with Crippen LogP contribution in [0, 0.1) is 23.3 Å². The van der Waals surface area contributed by atoms with Crippen LogP contribution in [0.3, 0.4) is 0 Å². The monoisotopic (exact) mass is 312 g/mol. The molecule has 7 heteroatoms. The molecule has 0 bridgehead atoms. The van der Waals surface area contributed by atoms with Crippen molar-refractivity contribution in [3.8, 4) is 11.3 Å². The molecule has 0 aliphatic carbocycles. The van der Waals surface area contributed by atoms with Gasteiger partial charge in [0.05, 0.1) is 0 Å². The summed E-state index contributed by atoms with van der Waals surface area (Å²) in [5.74, 6) is -3.73. The van der Waals surface area contributed by atoms with E-state index in [4.69, 9.17) is 11.6 Å². The number of hydrogen-bond acceptors (Lipinski definition) is 2. The van der Waals surface area contributed by atoms with Crippen LogP contribution in [-0.2, 0) is 0 Å². The van der Waals surface area contributed by atoms with E-state index in [0.29, 0.717) is 0 Å². The van der Waals surface area contributed by atoms with Crippen molar-refractivity contribution in [2.45, 2.75) is 0 Å². The van der Waals surface area contributed by atoms with E-state index >= 15 is 0 Å². The van der Waals surface area contributed by atoms with Crippen LogP contribution in [0.4, 0.5) is 17.6 Å². The Balaban J connectivity index is 2.41. The highest BCUT2D eigenvalue weighted by Crippen LogP contribution is 2.32. The first-order chi connectivity index (χ1) is 9.97. The zero-order chi connectivity index (χ0) is 15.1. The molecule has 106 valence electrons. The van der Waals surface area contributed by atoms with E-state index < -0.39 is 23.3 Å². The van der Waals surface area contributed by atoms with E-state index in [2.05, 4.69) is 10.2 Å². The number of hydrogen-bond donors (Lipinski definition) is 0. The topological polar surface area (TPSA) is 25.8 Å². The number of halogens is 5. The van der Waals surface area contributed by atoms with Crippen molar-refractivity contribution in [2.24, 2.45) is 0 Å². The second-order valence-corrected chi connectivity index (χ2v) is 4.63. The number of rotatable bonds is 1. The molecule has 0 aliphatic rings. The minimum atomic E-state index is -1.15. The van der Waals surface area contributed by atoms with Crippen LogP contribution in [0.15, 0.2) is 30.3 Å². The number of benzene rings is 2. The van der Waals surface area contributed by atoms with E-state index in [-0.39, 0.29) is 27.2 Å². The Morgan fingerprint density at radius 2 is 1.43 bits per heavy atom. The third-order valence-electron chi connectivity index (χ3n) is 2.96. The van der Waals surface area contributed by atoms with Crippen molar-refractivity contribution in [3.05, 3.63) is 58.8 Å². The maximum absolute atomic E-state index is 13.8. The van der Waals surface area contributed by atoms with Gasteiger partial charge in [-0.05, 0) is 30.3 Å². The highest BCUT2D eigenvalue weighted by molar-refractivity contribution is 6.34. The Morgan fingerprint density at radius 1 is 0.762 bits per heavy atom. The summed E-state index contributed by atoms with van der Waals surface area (Å²) < 4.78 is 53.8. The van der Waals surface area contributed by atoms with Gasteiger partial charge in [0.2, 0.25) is 0 Å². The Kier molecular flexibility index (Phi) is 3.25. The lowest BCUT2D eigenvalue weighted by atomic mass is 10.0. The fourth-order valence-electron chi connectivity index (χ4n) is 1.99. The van der Waals surface area contributed by atoms with Crippen LogP contribution in [0.1, 0.15) is 0 Å². The molecule has 0 N–H and O–H groups in total. The van der Waals surface area contributed by atoms with Crippen molar-refractivity contribution >= 4 is 22.4 Å². The molecule has 1 heterocycles. The van der Waals surface area contributed by atoms with Gasteiger partial charge in [-0.15, -0.1) is 10.2 Å². The molecule has 0 aliphatic heterocycles. The molecule has 3 rings (SSSR count). The van der Waals surface area contributed by atoms with Gasteiger partial charge in [-0.3, -0.25) is 0 Å². The highest BCUT2D eigenvalue weighted by atomic mass is 35.5. The Bertz CT molecular complexity index is 867. The van der Waals surface area contributed by atoms with E-state index in [1.165, 1.54) is 0 Å². The first kappa shape index (κ1) is 13.8. The number of nitrogens with zero attached hydrogens (tertiary/aromatic N) is 2. The van der Waals surface area contributed by atoms with Crippen LogP contribution >= 0.6 is 11.6 Å². The van der Waals surface area contributed by atoms with Crippen LogP contribution in [0.5, 0.6) is 0 Å². The van der Waals surface area contributed by atoms with E-state index in [9.17, 15) is 17.6 Å². The van der Waals surface area contributed by atoms with Crippen molar-refractivity contribution in [3.63, 3.8) is 0 Å². The second kappa shape index (κ2) is 4.96. The molecular weight excluding hydrogens is 308 g/mol. The summed E-state index contributed by atoms with van der Waals surface area (Å²) in [6.45, 7) is 0. The quantitative estimate of drug-likeness (QED) is 0.618. The molecule has 0 saturated carbocycles. The molecule has 0 atom stereocenters. The van der Waals surface area contributed by atoms with Gasteiger partial charge >= 0.3 is 0 Å². The SMILES string of the molecule is Fc1ccc(F)c(-c2nnc(Cl)c3cc(F)c(F)cc23)c1. The number of aromatic nitrogens is 2. The predicted octanol–water partition coefficient (Wildman–Crippen LogP) is 4.51. The minimum absolute atomic E-state index is 0.0402. The maximum Gasteiger partial charge on any atom is 0.159 e. The maximum atomic E-state index is 13.8. The van der Waals surface area contributed by atoms with Gasteiger partial charge in [-0.2, -0.15) is 0 Å². The molecule has 0 amide bonds. The van der Waals surface area contributed by atoms with Gasteiger partial charge in [0.25, 0.3) is 0 Å². The molecule has 0 spiro atoms. The summed E-state index contributed by atoms with van der Waals surface area (Å²) in [4.78, 5) is 0. The largest absolute Gasteiger partial charge is 0.207 e. The summed E-state index contributed by atoms with van der Waals surface area (Å²) in [7, 11) is 0. The van der Waals surface area contributed by atoms with Gasteiger partial charge in [0, 0.05) is 16.3 Å². The van der Waals surface area contributed by atoms with Crippen molar-refractivity contribution in [2.75, 3.05) is 0 Å². The van der Waals surface area contributed by atoms with Crippen molar-refractivity contribution in [1.82, 2.24) is 10.2 Å². The van der Waals surface area contributed by atoms with Gasteiger partial charge < -0.3 is 0 Å². The van der Waals surface area contributed by atoms with Gasteiger partial charge in [0.1, 0.15) is 17.3 Å². The molecule has 0 fully saturated rings. The Hall–Kier alpha value is -2.21. The van der Waals surface area contributed by atoms with Crippen LogP contribution in [0.2, 0.25) is 5.15 Å². The molecule has 0 saturated heterocycles. The minimum Gasteiger partial charge on any atom is -0.207 e. The smallest absolute Gasteiger partial charge is 0.159 e. The highest BCUT2D eigenvalue weighted by Gasteiger charge is 2.17.